The summed E-state index contributed by atoms with van der Waals surface area (Å²) in [5, 5.41) is 14.5. The number of nitrogens with one attached hydrogen (secondary N) is 1. The van der Waals surface area contributed by atoms with Crippen molar-refractivity contribution in [2.24, 2.45) is 0 Å². The number of hydrogen-bond donors (Lipinski definition) is 1. The molecular weight excluding hydrogens is 368 g/mol. The van der Waals surface area contributed by atoms with E-state index >= 15 is 0 Å². The quantitative estimate of drug-likeness (QED) is 0.727. The van der Waals surface area contributed by atoms with Crippen LogP contribution >= 0.6 is 0 Å². The number of hydrogen-bond acceptors (Lipinski definition) is 5. The summed E-state index contributed by atoms with van der Waals surface area (Å²) in [6.45, 7) is 2.47. The summed E-state index contributed by atoms with van der Waals surface area (Å²) in [6, 6.07) is 21.0. The van der Waals surface area contributed by atoms with Gasteiger partial charge in [-0.05, 0) is 54.4 Å². The Morgan fingerprint density at radius 2 is 1.72 bits per heavy atom. The van der Waals surface area contributed by atoms with Gasteiger partial charge in [0.05, 0.1) is 18.1 Å². The summed E-state index contributed by atoms with van der Waals surface area (Å²) >= 11 is 0. The molecule has 0 spiro atoms. The molecule has 0 saturated heterocycles. The van der Waals surface area contributed by atoms with Gasteiger partial charge in [0, 0.05) is 11.4 Å². The van der Waals surface area contributed by atoms with E-state index in [1.165, 1.54) is 12.1 Å². The van der Waals surface area contributed by atoms with Crippen LogP contribution in [0.25, 0.3) is 0 Å². The third-order valence-corrected chi connectivity index (χ3v) is 4.81. The van der Waals surface area contributed by atoms with Crippen molar-refractivity contribution in [1.82, 2.24) is 0 Å². The van der Waals surface area contributed by atoms with Crippen LogP contribution < -0.4 is 20.1 Å². The molecule has 146 valence electrons. The normalized spacial score (nSPS) is 15.4. The van der Waals surface area contributed by atoms with E-state index in [2.05, 4.69) is 5.32 Å². The number of carbonyl (C=O) groups excluding carboxylic acids is 2. The maximum Gasteiger partial charge on any atom is 0.262 e. The van der Waals surface area contributed by atoms with Crippen LogP contribution in [0.2, 0.25) is 0 Å². The second-order valence-corrected chi connectivity index (χ2v) is 6.60. The number of nitrogens with zero attached hydrogens (tertiary/aromatic N) is 1. The highest BCUT2D eigenvalue weighted by Gasteiger charge is 2.33. The fraction of sp³-hybridized carbons (Fsp3) is 0.130. The van der Waals surface area contributed by atoms with Gasteiger partial charge in [0.15, 0.2) is 0 Å². The van der Waals surface area contributed by atoms with E-state index in [1.54, 1.807) is 23.1 Å². The Kier molecular flexibility index (Phi) is 4.91. The Morgan fingerprint density at radius 3 is 2.38 bits per heavy atom. The van der Waals surface area contributed by atoms with Crippen LogP contribution in [0.4, 0.5) is 11.4 Å². The first-order valence-corrected chi connectivity index (χ1v) is 9.32. The van der Waals surface area contributed by atoms with Gasteiger partial charge in [-0.2, -0.15) is 0 Å². The number of carbonyl (C=O) groups is 2. The molecule has 0 aromatic heterocycles. The van der Waals surface area contributed by atoms with Gasteiger partial charge < -0.3 is 20.0 Å². The highest BCUT2D eigenvalue weighted by Crippen LogP contribution is 2.37. The summed E-state index contributed by atoms with van der Waals surface area (Å²) in [4.78, 5) is 26.1. The molecule has 6 nitrogen and oxygen atoms in total. The molecule has 3 aromatic rings. The Bertz CT molecular complexity index is 1050. The van der Waals surface area contributed by atoms with Crippen LogP contribution in [0, 0.1) is 0 Å². The van der Waals surface area contributed by atoms with Crippen molar-refractivity contribution in [1.29, 1.82) is 0 Å². The van der Waals surface area contributed by atoms with Crippen molar-refractivity contribution in [2.75, 3.05) is 16.8 Å². The first-order chi connectivity index (χ1) is 14.1. The first kappa shape index (κ1) is 18.6. The van der Waals surface area contributed by atoms with Crippen LogP contribution in [0.1, 0.15) is 39.4 Å². The van der Waals surface area contributed by atoms with Gasteiger partial charge in [-0.25, -0.2) is 0 Å². The Morgan fingerprint density at radius 1 is 1.03 bits per heavy atom. The third kappa shape index (κ3) is 3.52. The zero-order valence-electron chi connectivity index (χ0n) is 15.8. The number of fused-ring (bicyclic) bond motifs is 1. The molecule has 0 fully saturated rings. The van der Waals surface area contributed by atoms with Gasteiger partial charge in [-0.3, -0.25) is 9.69 Å². The molecule has 1 aliphatic rings. The Balaban J connectivity index is 1.77. The van der Waals surface area contributed by atoms with Crippen molar-refractivity contribution >= 4 is 23.3 Å². The molecule has 0 saturated carbocycles. The van der Waals surface area contributed by atoms with E-state index in [4.69, 9.17) is 4.74 Å². The number of carboxylic acids is 1. The molecule has 1 heterocycles. The lowest BCUT2D eigenvalue weighted by Crippen LogP contribution is -2.43. The minimum absolute atomic E-state index is 0.0869. The monoisotopic (exact) mass is 387 g/mol. The number of amides is 1. The number of ether oxygens (including phenoxy) is 1. The van der Waals surface area contributed by atoms with Crippen LogP contribution in [0.15, 0.2) is 72.8 Å². The van der Waals surface area contributed by atoms with Crippen LogP contribution in [-0.4, -0.2) is 18.5 Å². The van der Waals surface area contributed by atoms with Gasteiger partial charge in [0.25, 0.3) is 5.91 Å². The molecule has 29 heavy (non-hydrogen) atoms. The number of aromatic carboxylic acids is 1. The molecule has 0 unspecified atom stereocenters. The minimum Gasteiger partial charge on any atom is -0.545 e. The molecule has 6 heteroatoms. The van der Waals surface area contributed by atoms with E-state index in [-0.39, 0.29) is 11.5 Å². The minimum atomic E-state index is -1.24. The van der Waals surface area contributed by atoms with Crippen LogP contribution in [0.5, 0.6) is 5.75 Å². The predicted molar refractivity (Wildman–Crippen MR) is 108 cm³/mol. The zero-order valence-corrected chi connectivity index (χ0v) is 15.8. The average molecular weight is 387 g/mol. The lowest BCUT2D eigenvalue weighted by atomic mass is 10.0. The summed E-state index contributed by atoms with van der Waals surface area (Å²) in [6.07, 6.45) is -0.494. The Labute approximate surface area is 168 Å². The van der Waals surface area contributed by atoms with E-state index in [1.807, 2.05) is 49.4 Å². The van der Waals surface area contributed by atoms with Crippen molar-refractivity contribution in [3.63, 3.8) is 0 Å². The molecule has 1 atom stereocenters. The lowest BCUT2D eigenvalue weighted by molar-refractivity contribution is -0.255. The van der Waals surface area contributed by atoms with Crippen LogP contribution in [-0.2, 0) is 0 Å². The van der Waals surface area contributed by atoms with E-state index in [0.29, 0.717) is 17.9 Å². The van der Waals surface area contributed by atoms with Gasteiger partial charge in [0.2, 0.25) is 0 Å². The highest BCUT2D eigenvalue weighted by molar-refractivity contribution is 6.12. The molecule has 1 aliphatic heterocycles. The van der Waals surface area contributed by atoms with E-state index in [0.717, 1.165) is 17.0 Å². The highest BCUT2D eigenvalue weighted by atomic mass is 16.5. The molecule has 3 aromatic carbocycles. The molecule has 0 radical (unpaired) electrons. The van der Waals surface area contributed by atoms with Crippen LogP contribution in [0.3, 0.4) is 0 Å². The fourth-order valence-corrected chi connectivity index (χ4v) is 3.42. The fourth-order valence-electron chi connectivity index (χ4n) is 3.42. The second kappa shape index (κ2) is 7.67. The van der Waals surface area contributed by atoms with E-state index < -0.39 is 12.1 Å². The van der Waals surface area contributed by atoms with Crippen molar-refractivity contribution in [3.05, 3.63) is 89.5 Å². The molecule has 4 rings (SSSR count). The van der Waals surface area contributed by atoms with Gasteiger partial charge in [-0.15, -0.1) is 0 Å². The van der Waals surface area contributed by atoms with E-state index in [9.17, 15) is 14.7 Å². The summed E-state index contributed by atoms with van der Waals surface area (Å²) < 4.78 is 5.50. The standard InChI is InChI=1S/C23H20N2O4/c1-2-29-18-13-11-17(12-14-18)25-21(15-7-9-16(10-8-15)23(27)28)24-20-6-4-3-5-19(20)22(25)26/h3-14,21,24H,2H2,1H3,(H,27,28)/p-1/t21-/m1/s1. The van der Waals surface area contributed by atoms with Gasteiger partial charge in [-0.1, -0.05) is 36.4 Å². The number of anilines is 2. The number of rotatable bonds is 5. The summed E-state index contributed by atoms with van der Waals surface area (Å²) in [5.41, 5.74) is 2.85. The maximum atomic E-state index is 13.3. The number of carboxylic acid groups (broad SMARTS) is 1. The van der Waals surface area contributed by atoms with Gasteiger partial charge >= 0.3 is 0 Å². The smallest absolute Gasteiger partial charge is 0.262 e. The molecule has 0 bridgehead atoms. The topological polar surface area (TPSA) is 81.7 Å². The van der Waals surface area contributed by atoms with Crippen molar-refractivity contribution < 1.29 is 19.4 Å². The largest absolute Gasteiger partial charge is 0.545 e. The summed E-state index contributed by atoms with van der Waals surface area (Å²) in [5.74, 6) is -0.653. The van der Waals surface area contributed by atoms with Gasteiger partial charge in [0.1, 0.15) is 11.9 Å². The SMILES string of the molecule is CCOc1ccc(N2C(=O)c3ccccc3N[C@H]2c2ccc(C(=O)[O-])cc2)cc1. The number of para-hydroxylation sites is 1. The maximum absolute atomic E-state index is 13.3. The Hall–Kier alpha value is -3.80. The lowest BCUT2D eigenvalue weighted by Gasteiger charge is -2.38. The average Bonchev–Trinajstić information content (AvgIpc) is 2.75. The van der Waals surface area contributed by atoms with Crippen molar-refractivity contribution in [2.45, 2.75) is 13.1 Å². The third-order valence-electron chi connectivity index (χ3n) is 4.81. The first-order valence-electron chi connectivity index (χ1n) is 9.32. The molecule has 1 amide bonds. The number of benzene rings is 3. The summed E-state index contributed by atoms with van der Waals surface area (Å²) in [7, 11) is 0. The second-order valence-electron chi connectivity index (χ2n) is 6.60. The predicted octanol–water partition coefficient (Wildman–Crippen LogP) is 3.22. The molecule has 1 N–H and O–H groups in total. The molecule has 0 aliphatic carbocycles. The zero-order chi connectivity index (χ0) is 20.4. The van der Waals surface area contributed by atoms with Crippen molar-refractivity contribution in [3.8, 4) is 5.75 Å². The molecular formula is C23H19N2O4-.